The molecule has 1 aliphatic heterocycles. The second kappa shape index (κ2) is 4.04. The summed E-state index contributed by atoms with van der Waals surface area (Å²) in [4.78, 5) is 10.4. The van der Waals surface area contributed by atoms with Crippen molar-refractivity contribution in [3.63, 3.8) is 0 Å². The molecule has 0 aromatic carbocycles. The second-order valence-corrected chi connectivity index (χ2v) is 4.08. The highest BCUT2D eigenvalue weighted by molar-refractivity contribution is 5.42. The molecular weight excluding hydrogens is 216 g/mol. The number of hydrogen-bond donors (Lipinski definition) is 1. The van der Waals surface area contributed by atoms with Crippen LogP contribution >= 0.6 is 0 Å². The molecule has 0 amide bonds. The molecule has 0 atom stereocenters. The first-order valence-electron chi connectivity index (χ1n) is 5.72. The van der Waals surface area contributed by atoms with Crippen molar-refractivity contribution in [3.8, 4) is 5.69 Å². The van der Waals surface area contributed by atoms with E-state index in [0.717, 1.165) is 24.7 Å². The average molecular weight is 230 g/mol. The molecule has 0 radical (unpaired) electrons. The van der Waals surface area contributed by atoms with Crippen LogP contribution in [0.15, 0.2) is 24.5 Å². The lowest BCUT2D eigenvalue weighted by Crippen LogP contribution is -2.19. The first kappa shape index (κ1) is 10.1. The highest BCUT2D eigenvalue weighted by Crippen LogP contribution is 2.19. The summed E-state index contributed by atoms with van der Waals surface area (Å²) < 4.78 is 1.65. The smallest absolute Gasteiger partial charge is 0.246 e. The van der Waals surface area contributed by atoms with Crippen molar-refractivity contribution in [1.82, 2.24) is 19.7 Å². The molecule has 2 aromatic rings. The Bertz CT molecular complexity index is 500. The van der Waals surface area contributed by atoms with Crippen LogP contribution < -0.4 is 10.6 Å². The summed E-state index contributed by atoms with van der Waals surface area (Å²) in [5.41, 5.74) is 6.77. The predicted octanol–water partition coefficient (Wildman–Crippen LogP) is 0.845. The fraction of sp³-hybridized carbons (Fsp3) is 0.364. The largest absolute Gasteiger partial charge is 0.368 e. The summed E-state index contributed by atoms with van der Waals surface area (Å²) in [5.74, 6) is 1.13. The van der Waals surface area contributed by atoms with Crippen LogP contribution in [0.2, 0.25) is 0 Å². The summed E-state index contributed by atoms with van der Waals surface area (Å²) in [6.45, 7) is 2.03. The number of nitrogen functional groups attached to an aromatic ring is 1. The Morgan fingerprint density at radius 2 is 1.82 bits per heavy atom. The van der Waals surface area contributed by atoms with E-state index in [1.54, 1.807) is 17.1 Å². The SMILES string of the molecule is Nc1nc(N2CCCC2)nn1-c1ccncc1. The normalized spacial score (nSPS) is 15.4. The quantitative estimate of drug-likeness (QED) is 0.827. The molecule has 3 heterocycles. The van der Waals surface area contributed by atoms with Crippen molar-refractivity contribution in [1.29, 1.82) is 0 Å². The predicted molar refractivity (Wildman–Crippen MR) is 65.0 cm³/mol. The molecule has 88 valence electrons. The summed E-state index contributed by atoms with van der Waals surface area (Å²) in [6, 6.07) is 3.72. The van der Waals surface area contributed by atoms with Crippen LogP contribution in [0.25, 0.3) is 5.69 Å². The minimum absolute atomic E-state index is 0.415. The monoisotopic (exact) mass is 230 g/mol. The summed E-state index contributed by atoms with van der Waals surface area (Å²) >= 11 is 0. The van der Waals surface area contributed by atoms with Gasteiger partial charge in [0.05, 0.1) is 5.69 Å². The fourth-order valence-corrected chi connectivity index (χ4v) is 2.04. The van der Waals surface area contributed by atoms with Crippen LogP contribution in [-0.4, -0.2) is 32.8 Å². The van der Waals surface area contributed by atoms with Gasteiger partial charge in [0.25, 0.3) is 0 Å². The minimum atomic E-state index is 0.415. The molecule has 6 heteroatoms. The van der Waals surface area contributed by atoms with Gasteiger partial charge in [-0.05, 0) is 25.0 Å². The molecule has 6 nitrogen and oxygen atoms in total. The first-order chi connectivity index (χ1) is 8.34. The summed E-state index contributed by atoms with van der Waals surface area (Å²) in [7, 11) is 0. The van der Waals surface area contributed by atoms with Crippen LogP contribution in [0, 0.1) is 0 Å². The van der Waals surface area contributed by atoms with E-state index in [-0.39, 0.29) is 0 Å². The van der Waals surface area contributed by atoms with Crippen LogP contribution in [-0.2, 0) is 0 Å². The van der Waals surface area contributed by atoms with Crippen molar-refractivity contribution in [2.45, 2.75) is 12.8 Å². The van der Waals surface area contributed by atoms with E-state index in [1.807, 2.05) is 12.1 Å². The third kappa shape index (κ3) is 1.82. The molecule has 0 aliphatic carbocycles. The Morgan fingerprint density at radius 1 is 1.12 bits per heavy atom. The lowest BCUT2D eigenvalue weighted by Gasteiger charge is -2.10. The first-order valence-corrected chi connectivity index (χ1v) is 5.72. The zero-order valence-corrected chi connectivity index (χ0v) is 9.45. The van der Waals surface area contributed by atoms with Gasteiger partial charge in [0.15, 0.2) is 0 Å². The van der Waals surface area contributed by atoms with Crippen LogP contribution in [0.1, 0.15) is 12.8 Å². The fourth-order valence-electron chi connectivity index (χ4n) is 2.04. The molecule has 3 rings (SSSR count). The van der Waals surface area contributed by atoms with Crippen molar-refractivity contribution < 1.29 is 0 Å². The van der Waals surface area contributed by atoms with Gasteiger partial charge in [-0.2, -0.15) is 9.67 Å². The average Bonchev–Trinajstić information content (AvgIpc) is 2.99. The summed E-state index contributed by atoms with van der Waals surface area (Å²) in [5, 5.41) is 4.44. The molecule has 0 unspecified atom stereocenters. The number of hydrogen-bond acceptors (Lipinski definition) is 5. The van der Waals surface area contributed by atoms with E-state index >= 15 is 0 Å². The van der Waals surface area contributed by atoms with E-state index in [1.165, 1.54) is 12.8 Å². The topological polar surface area (TPSA) is 72.9 Å². The number of nitrogens with two attached hydrogens (primary N) is 1. The third-order valence-electron chi connectivity index (χ3n) is 2.92. The lowest BCUT2D eigenvalue weighted by atomic mass is 10.4. The maximum Gasteiger partial charge on any atom is 0.246 e. The standard InChI is InChI=1S/C11H14N6/c12-10-14-11(16-7-1-2-8-16)15-17(10)9-3-5-13-6-4-9/h3-6H,1-2,7-8H2,(H2,12,14,15). The molecule has 0 spiro atoms. The Balaban J connectivity index is 1.96. The van der Waals surface area contributed by atoms with E-state index < -0.39 is 0 Å². The van der Waals surface area contributed by atoms with Gasteiger partial charge in [0, 0.05) is 25.5 Å². The van der Waals surface area contributed by atoms with Gasteiger partial charge in [0.2, 0.25) is 11.9 Å². The molecule has 1 aliphatic rings. The zero-order valence-electron chi connectivity index (χ0n) is 9.45. The highest BCUT2D eigenvalue weighted by atomic mass is 15.5. The maximum absolute atomic E-state index is 5.88. The van der Waals surface area contributed by atoms with Gasteiger partial charge in [-0.25, -0.2) is 0 Å². The maximum atomic E-state index is 5.88. The molecule has 1 fully saturated rings. The lowest BCUT2D eigenvalue weighted by molar-refractivity contribution is 0.846. The van der Waals surface area contributed by atoms with Gasteiger partial charge >= 0.3 is 0 Å². The van der Waals surface area contributed by atoms with Crippen LogP contribution in [0.5, 0.6) is 0 Å². The number of aromatic nitrogens is 4. The third-order valence-corrected chi connectivity index (χ3v) is 2.92. The Hall–Kier alpha value is -2.11. The Morgan fingerprint density at radius 3 is 2.53 bits per heavy atom. The van der Waals surface area contributed by atoms with Crippen molar-refractivity contribution in [2.24, 2.45) is 0 Å². The van der Waals surface area contributed by atoms with Gasteiger partial charge in [-0.15, -0.1) is 5.10 Å². The molecule has 2 N–H and O–H groups in total. The van der Waals surface area contributed by atoms with Gasteiger partial charge in [-0.3, -0.25) is 4.98 Å². The Kier molecular flexibility index (Phi) is 2.40. The molecular formula is C11H14N6. The number of pyridine rings is 1. The molecule has 17 heavy (non-hydrogen) atoms. The second-order valence-electron chi connectivity index (χ2n) is 4.08. The van der Waals surface area contributed by atoms with Crippen molar-refractivity contribution >= 4 is 11.9 Å². The minimum Gasteiger partial charge on any atom is -0.368 e. The van der Waals surface area contributed by atoms with Gasteiger partial charge < -0.3 is 10.6 Å². The van der Waals surface area contributed by atoms with E-state index in [2.05, 4.69) is 20.0 Å². The Labute approximate surface area is 99.1 Å². The highest BCUT2D eigenvalue weighted by Gasteiger charge is 2.18. The van der Waals surface area contributed by atoms with E-state index in [0.29, 0.717) is 5.95 Å². The number of rotatable bonds is 2. The molecule has 2 aromatic heterocycles. The van der Waals surface area contributed by atoms with Crippen LogP contribution in [0.4, 0.5) is 11.9 Å². The molecule has 0 bridgehead atoms. The van der Waals surface area contributed by atoms with Crippen molar-refractivity contribution in [3.05, 3.63) is 24.5 Å². The molecule has 1 saturated heterocycles. The number of nitrogens with zero attached hydrogens (tertiary/aromatic N) is 5. The van der Waals surface area contributed by atoms with Crippen LogP contribution in [0.3, 0.4) is 0 Å². The van der Waals surface area contributed by atoms with Crippen molar-refractivity contribution in [2.75, 3.05) is 23.7 Å². The van der Waals surface area contributed by atoms with E-state index in [9.17, 15) is 0 Å². The zero-order chi connectivity index (χ0) is 11.7. The molecule has 0 saturated carbocycles. The van der Waals surface area contributed by atoms with Gasteiger partial charge in [0.1, 0.15) is 0 Å². The number of anilines is 2. The van der Waals surface area contributed by atoms with E-state index in [4.69, 9.17) is 5.73 Å². The summed E-state index contributed by atoms with van der Waals surface area (Å²) in [6.07, 6.45) is 5.82. The van der Waals surface area contributed by atoms with Gasteiger partial charge in [-0.1, -0.05) is 0 Å².